The molecule has 0 spiro atoms. The molecule has 4 nitrogen and oxygen atoms in total. The summed E-state index contributed by atoms with van der Waals surface area (Å²) >= 11 is 0. The largest absolute Gasteiger partial charge is 0.326 e. The quantitative estimate of drug-likeness (QED) is 0.823. The van der Waals surface area contributed by atoms with Crippen LogP contribution in [0.15, 0.2) is 48.5 Å². The van der Waals surface area contributed by atoms with E-state index in [1.54, 1.807) is 4.90 Å². The minimum Gasteiger partial charge on any atom is -0.326 e. The molecule has 0 aromatic heterocycles. The molecular formula is C21H26N2O2. The lowest BCUT2D eigenvalue weighted by Crippen LogP contribution is -2.31. The van der Waals surface area contributed by atoms with E-state index in [0.717, 1.165) is 24.2 Å². The van der Waals surface area contributed by atoms with Crippen molar-refractivity contribution in [1.29, 1.82) is 0 Å². The van der Waals surface area contributed by atoms with Gasteiger partial charge < -0.3 is 10.2 Å². The van der Waals surface area contributed by atoms with Gasteiger partial charge in [-0.05, 0) is 48.2 Å². The average Bonchev–Trinajstić information content (AvgIpc) is 2.62. The standard InChI is InChI=1S/C21H26N2O2/c1-4-17-6-10-19(11-7-17)22-21(25)14-15-23(16(3)24)20-12-8-18(5-2)9-13-20/h6-13H,4-5,14-15H2,1-3H3,(H,22,25). The molecule has 2 aromatic rings. The fourth-order valence-corrected chi connectivity index (χ4v) is 2.64. The highest BCUT2D eigenvalue weighted by Gasteiger charge is 2.13. The molecule has 0 fully saturated rings. The van der Waals surface area contributed by atoms with Crippen LogP contribution in [0.3, 0.4) is 0 Å². The van der Waals surface area contributed by atoms with Crippen LogP contribution in [0, 0.1) is 0 Å². The zero-order valence-corrected chi connectivity index (χ0v) is 15.2. The maximum atomic E-state index is 12.2. The predicted molar refractivity (Wildman–Crippen MR) is 103 cm³/mol. The Morgan fingerprint density at radius 1 is 0.880 bits per heavy atom. The first-order valence-corrected chi connectivity index (χ1v) is 8.79. The number of anilines is 2. The van der Waals surface area contributed by atoms with Gasteiger partial charge in [0.05, 0.1) is 0 Å². The summed E-state index contributed by atoms with van der Waals surface area (Å²) in [5.74, 6) is -0.162. The molecule has 0 radical (unpaired) electrons. The number of aryl methyl sites for hydroxylation is 2. The summed E-state index contributed by atoms with van der Waals surface area (Å²) in [5.41, 5.74) is 4.06. The third-order valence-corrected chi connectivity index (χ3v) is 4.24. The molecule has 0 heterocycles. The van der Waals surface area contributed by atoms with Crippen LogP contribution in [-0.4, -0.2) is 18.4 Å². The van der Waals surface area contributed by atoms with Gasteiger partial charge in [0.2, 0.25) is 11.8 Å². The van der Waals surface area contributed by atoms with Crippen molar-refractivity contribution in [3.8, 4) is 0 Å². The number of benzene rings is 2. The number of nitrogens with zero attached hydrogens (tertiary/aromatic N) is 1. The third-order valence-electron chi connectivity index (χ3n) is 4.24. The SMILES string of the molecule is CCc1ccc(NC(=O)CCN(C(C)=O)c2ccc(CC)cc2)cc1. The van der Waals surface area contributed by atoms with Crippen LogP contribution in [0.4, 0.5) is 11.4 Å². The van der Waals surface area contributed by atoms with E-state index in [1.807, 2.05) is 48.5 Å². The van der Waals surface area contributed by atoms with Gasteiger partial charge in [-0.15, -0.1) is 0 Å². The molecule has 0 unspecified atom stereocenters. The van der Waals surface area contributed by atoms with Gasteiger partial charge in [-0.1, -0.05) is 38.1 Å². The molecular weight excluding hydrogens is 312 g/mol. The van der Waals surface area contributed by atoms with Crippen LogP contribution in [0.25, 0.3) is 0 Å². The van der Waals surface area contributed by atoms with E-state index in [2.05, 4.69) is 19.2 Å². The first-order chi connectivity index (χ1) is 12.0. The van der Waals surface area contributed by atoms with Gasteiger partial charge in [0.1, 0.15) is 0 Å². The zero-order chi connectivity index (χ0) is 18.2. The number of amides is 2. The fourth-order valence-electron chi connectivity index (χ4n) is 2.64. The second-order valence-corrected chi connectivity index (χ2v) is 6.04. The summed E-state index contributed by atoms with van der Waals surface area (Å²) in [6, 6.07) is 15.7. The molecule has 25 heavy (non-hydrogen) atoms. The van der Waals surface area contributed by atoms with Crippen molar-refractivity contribution < 1.29 is 9.59 Å². The molecule has 0 atom stereocenters. The number of rotatable bonds is 7. The highest BCUT2D eigenvalue weighted by Crippen LogP contribution is 2.17. The lowest BCUT2D eigenvalue weighted by molar-refractivity contribution is -0.117. The van der Waals surface area contributed by atoms with E-state index in [9.17, 15) is 9.59 Å². The molecule has 2 rings (SSSR count). The molecule has 2 amide bonds. The minimum atomic E-state index is -0.0966. The normalized spacial score (nSPS) is 10.4. The van der Waals surface area contributed by atoms with Crippen molar-refractivity contribution in [2.45, 2.75) is 40.0 Å². The van der Waals surface area contributed by atoms with Gasteiger partial charge in [-0.3, -0.25) is 9.59 Å². The van der Waals surface area contributed by atoms with Gasteiger partial charge in [-0.2, -0.15) is 0 Å². The second kappa shape index (κ2) is 9.02. The van der Waals surface area contributed by atoms with Crippen molar-refractivity contribution in [1.82, 2.24) is 0 Å². The first kappa shape index (κ1) is 18.7. The van der Waals surface area contributed by atoms with Crippen LogP contribution in [0.1, 0.15) is 38.3 Å². The van der Waals surface area contributed by atoms with Crippen molar-refractivity contribution in [3.63, 3.8) is 0 Å². The molecule has 0 aliphatic rings. The number of hydrogen-bond donors (Lipinski definition) is 1. The molecule has 0 saturated carbocycles. The zero-order valence-electron chi connectivity index (χ0n) is 15.2. The molecule has 1 N–H and O–H groups in total. The molecule has 0 saturated heterocycles. The van der Waals surface area contributed by atoms with Gasteiger partial charge in [0, 0.05) is 31.3 Å². The van der Waals surface area contributed by atoms with Crippen LogP contribution in [0.2, 0.25) is 0 Å². The Balaban J connectivity index is 1.95. The second-order valence-electron chi connectivity index (χ2n) is 6.04. The highest BCUT2D eigenvalue weighted by molar-refractivity contribution is 5.94. The lowest BCUT2D eigenvalue weighted by Gasteiger charge is -2.21. The summed E-state index contributed by atoms with van der Waals surface area (Å²) in [4.78, 5) is 25.7. The summed E-state index contributed by atoms with van der Waals surface area (Å²) in [7, 11) is 0. The summed E-state index contributed by atoms with van der Waals surface area (Å²) in [5, 5.41) is 2.88. The molecule has 0 aliphatic carbocycles. The summed E-state index contributed by atoms with van der Waals surface area (Å²) in [6.45, 7) is 6.07. The van der Waals surface area contributed by atoms with Crippen molar-refractivity contribution in [2.24, 2.45) is 0 Å². The van der Waals surface area contributed by atoms with Gasteiger partial charge >= 0.3 is 0 Å². The van der Waals surface area contributed by atoms with Crippen LogP contribution >= 0.6 is 0 Å². The maximum absolute atomic E-state index is 12.2. The lowest BCUT2D eigenvalue weighted by atomic mass is 10.1. The Labute approximate surface area is 149 Å². The van der Waals surface area contributed by atoms with Gasteiger partial charge in [0.15, 0.2) is 0 Å². The number of carbonyl (C=O) groups is 2. The van der Waals surface area contributed by atoms with Gasteiger partial charge in [-0.25, -0.2) is 0 Å². The maximum Gasteiger partial charge on any atom is 0.226 e. The van der Waals surface area contributed by atoms with Gasteiger partial charge in [0.25, 0.3) is 0 Å². The highest BCUT2D eigenvalue weighted by atomic mass is 16.2. The minimum absolute atomic E-state index is 0.0654. The van der Waals surface area contributed by atoms with Crippen LogP contribution < -0.4 is 10.2 Å². The number of hydrogen-bond acceptors (Lipinski definition) is 2. The number of nitrogens with one attached hydrogen (secondary N) is 1. The van der Waals surface area contributed by atoms with E-state index < -0.39 is 0 Å². The molecule has 132 valence electrons. The van der Waals surface area contributed by atoms with E-state index >= 15 is 0 Å². The fraction of sp³-hybridized carbons (Fsp3) is 0.333. The van der Waals surface area contributed by atoms with E-state index in [4.69, 9.17) is 0 Å². The topological polar surface area (TPSA) is 49.4 Å². The Kier molecular flexibility index (Phi) is 6.75. The molecule has 4 heteroatoms. The number of carbonyl (C=O) groups excluding carboxylic acids is 2. The Bertz CT molecular complexity index is 706. The average molecular weight is 338 g/mol. The Morgan fingerprint density at radius 3 is 1.88 bits per heavy atom. The van der Waals surface area contributed by atoms with E-state index in [0.29, 0.717) is 6.54 Å². The van der Waals surface area contributed by atoms with Crippen molar-refractivity contribution >= 4 is 23.2 Å². The Morgan fingerprint density at radius 2 is 1.40 bits per heavy atom. The molecule has 0 aliphatic heterocycles. The molecule has 0 bridgehead atoms. The van der Waals surface area contributed by atoms with Crippen molar-refractivity contribution in [3.05, 3.63) is 59.7 Å². The van der Waals surface area contributed by atoms with Crippen LogP contribution in [-0.2, 0) is 22.4 Å². The first-order valence-electron chi connectivity index (χ1n) is 8.79. The monoisotopic (exact) mass is 338 g/mol. The Hall–Kier alpha value is -2.62. The summed E-state index contributed by atoms with van der Waals surface area (Å²) < 4.78 is 0. The van der Waals surface area contributed by atoms with E-state index in [1.165, 1.54) is 18.1 Å². The van der Waals surface area contributed by atoms with Crippen molar-refractivity contribution in [2.75, 3.05) is 16.8 Å². The predicted octanol–water partition coefficient (Wildman–Crippen LogP) is 4.19. The third kappa shape index (κ3) is 5.45. The molecule has 2 aromatic carbocycles. The smallest absolute Gasteiger partial charge is 0.226 e. The summed E-state index contributed by atoms with van der Waals surface area (Å²) in [6.07, 6.45) is 2.18. The van der Waals surface area contributed by atoms with Crippen LogP contribution in [0.5, 0.6) is 0 Å². The van der Waals surface area contributed by atoms with E-state index in [-0.39, 0.29) is 18.2 Å².